The highest BCUT2D eigenvalue weighted by Gasteiger charge is 2.25. The van der Waals surface area contributed by atoms with Crippen LogP contribution in [0.1, 0.15) is 38.6 Å². The Hall–Kier alpha value is -4.85. The number of imidazole rings is 1. The third-order valence-corrected chi connectivity index (χ3v) is 7.67. The van der Waals surface area contributed by atoms with Crippen LogP contribution in [0.5, 0.6) is 23.0 Å². The number of piperazine rings is 1. The fourth-order valence-electron chi connectivity index (χ4n) is 5.28. The van der Waals surface area contributed by atoms with Crippen molar-refractivity contribution < 1.29 is 24.1 Å². The SMILES string of the molecule is COc1cc(C)ccc1C(=O)N1CCN(Cc2cnc(C)n2Cc2ccc(C#N)c(Oc3cccc(OCCO)c3)c2)CC1. The summed E-state index contributed by atoms with van der Waals surface area (Å²) < 4.78 is 19.2. The molecule has 0 radical (unpaired) electrons. The van der Waals surface area contributed by atoms with E-state index < -0.39 is 0 Å². The highest BCUT2D eigenvalue weighted by Crippen LogP contribution is 2.29. The standard InChI is InChI=1S/C34H37N5O5/c1-24-7-10-31(33(17-24)42-3)34(41)38-13-11-37(12-14-38)23-28-21-36-25(2)39(28)22-26-8-9-27(20-35)32(18-26)44-30-6-4-5-29(19-30)43-16-15-40/h4-10,17-19,21,40H,11-16,22-23H2,1-3H3. The average molecular weight is 596 g/mol. The number of hydrogen-bond donors (Lipinski definition) is 1. The molecular weight excluding hydrogens is 558 g/mol. The molecule has 0 unspecified atom stereocenters. The third-order valence-electron chi connectivity index (χ3n) is 7.67. The summed E-state index contributed by atoms with van der Waals surface area (Å²) in [5.41, 5.74) is 4.11. The number of benzene rings is 3. The summed E-state index contributed by atoms with van der Waals surface area (Å²) in [5, 5.41) is 18.7. The quantitative estimate of drug-likeness (QED) is 0.269. The summed E-state index contributed by atoms with van der Waals surface area (Å²) in [5.74, 6) is 3.05. The van der Waals surface area contributed by atoms with Crippen LogP contribution in [0.2, 0.25) is 0 Å². The van der Waals surface area contributed by atoms with Crippen LogP contribution in [0.15, 0.2) is 66.9 Å². The summed E-state index contributed by atoms with van der Waals surface area (Å²) in [6.07, 6.45) is 1.91. The molecule has 0 bridgehead atoms. The number of aryl methyl sites for hydroxylation is 2. The maximum absolute atomic E-state index is 13.2. The molecule has 0 aliphatic carbocycles. The van der Waals surface area contributed by atoms with Crippen molar-refractivity contribution in [3.63, 3.8) is 0 Å². The molecule has 5 rings (SSSR count). The Morgan fingerprint density at radius 1 is 0.977 bits per heavy atom. The van der Waals surface area contributed by atoms with Crippen LogP contribution in [0.25, 0.3) is 0 Å². The van der Waals surface area contributed by atoms with E-state index in [0.717, 1.165) is 35.7 Å². The molecular formula is C34H37N5O5. The van der Waals surface area contributed by atoms with Crippen molar-refractivity contribution in [3.05, 3.63) is 101 Å². The van der Waals surface area contributed by atoms with Crippen molar-refractivity contribution >= 4 is 5.91 Å². The highest BCUT2D eigenvalue weighted by atomic mass is 16.5. The number of aliphatic hydroxyl groups excluding tert-OH is 1. The molecule has 4 aromatic rings. The fraction of sp³-hybridized carbons (Fsp3) is 0.324. The monoisotopic (exact) mass is 595 g/mol. The van der Waals surface area contributed by atoms with Crippen LogP contribution in [0.4, 0.5) is 0 Å². The molecule has 2 heterocycles. The predicted molar refractivity (Wildman–Crippen MR) is 165 cm³/mol. The number of methoxy groups -OCH3 is 1. The summed E-state index contributed by atoms with van der Waals surface area (Å²) >= 11 is 0. The van der Waals surface area contributed by atoms with Crippen LogP contribution < -0.4 is 14.2 Å². The average Bonchev–Trinajstić information content (AvgIpc) is 3.38. The molecule has 0 spiro atoms. The maximum Gasteiger partial charge on any atom is 0.257 e. The Labute approximate surface area is 257 Å². The van der Waals surface area contributed by atoms with E-state index in [2.05, 4.69) is 20.5 Å². The summed E-state index contributed by atoms with van der Waals surface area (Å²) in [7, 11) is 1.59. The number of carbonyl (C=O) groups is 1. The van der Waals surface area contributed by atoms with Crippen molar-refractivity contribution in [2.45, 2.75) is 26.9 Å². The van der Waals surface area contributed by atoms with Gasteiger partial charge in [0.25, 0.3) is 5.91 Å². The van der Waals surface area contributed by atoms with Gasteiger partial charge in [-0.3, -0.25) is 9.69 Å². The summed E-state index contributed by atoms with van der Waals surface area (Å²) in [6.45, 7) is 8.09. The number of aliphatic hydroxyl groups is 1. The van der Waals surface area contributed by atoms with Crippen molar-refractivity contribution in [1.82, 2.24) is 19.4 Å². The number of amides is 1. The molecule has 3 aromatic carbocycles. The number of nitriles is 1. The van der Waals surface area contributed by atoms with Crippen LogP contribution >= 0.6 is 0 Å². The number of nitrogens with zero attached hydrogens (tertiary/aromatic N) is 5. The van der Waals surface area contributed by atoms with Crippen molar-refractivity contribution in [3.8, 4) is 29.1 Å². The summed E-state index contributed by atoms with van der Waals surface area (Å²) in [4.78, 5) is 22.0. The molecule has 0 saturated carbocycles. The van der Waals surface area contributed by atoms with Gasteiger partial charge in [0, 0.05) is 51.5 Å². The van der Waals surface area contributed by atoms with Gasteiger partial charge in [0.05, 0.1) is 30.5 Å². The minimum Gasteiger partial charge on any atom is -0.496 e. The van der Waals surface area contributed by atoms with Gasteiger partial charge in [-0.25, -0.2) is 4.98 Å². The first-order valence-corrected chi connectivity index (χ1v) is 14.6. The number of ether oxygens (including phenoxy) is 3. The van der Waals surface area contributed by atoms with Gasteiger partial charge < -0.3 is 28.8 Å². The fourth-order valence-corrected chi connectivity index (χ4v) is 5.28. The maximum atomic E-state index is 13.2. The Balaban J connectivity index is 1.25. The van der Waals surface area contributed by atoms with Gasteiger partial charge in [-0.2, -0.15) is 5.26 Å². The van der Waals surface area contributed by atoms with Crippen LogP contribution in [-0.4, -0.2) is 76.9 Å². The van der Waals surface area contributed by atoms with Crippen LogP contribution in [0.3, 0.4) is 0 Å². The Bertz CT molecular complexity index is 1650. The first-order valence-electron chi connectivity index (χ1n) is 14.6. The smallest absolute Gasteiger partial charge is 0.257 e. The zero-order chi connectivity index (χ0) is 31.1. The lowest BCUT2D eigenvalue weighted by Gasteiger charge is -2.35. The molecule has 10 heteroatoms. The number of hydrogen-bond acceptors (Lipinski definition) is 8. The van der Waals surface area contributed by atoms with Gasteiger partial charge in [0.1, 0.15) is 41.5 Å². The first-order chi connectivity index (χ1) is 21.4. The van der Waals surface area contributed by atoms with Crippen molar-refractivity contribution in [1.29, 1.82) is 5.26 Å². The minimum absolute atomic E-state index is 0.00867. The Morgan fingerprint density at radius 2 is 1.77 bits per heavy atom. The van der Waals surface area contributed by atoms with Gasteiger partial charge in [-0.05, 0) is 61.4 Å². The topological polar surface area (TPSA) is 113 Å². The van der Waals surface area contributed by atoms with E-state index in [-0.39, 0.29) is 19.1 Å². The molecule has 228 valence electrons. The second kappa shape index (κ2) is 14.1. The number of rotatable bonds is 11. The lowest BCUT2D eigenvalue weighted by Crippen LogP contribution is -2.48. The molecule has 1 aromatic heterocycles. The van der Waals surface area contributed by atoms with Crippen molar-refractivity contribution in [2.24, 2.45) is 0 Å². The second-order valence-electron chi connectivity index (χ2n) is 10.7. The van der Waals surface area contributed by atoms with E-state index in [1.807, 2.05) is 55.3 Å². The summed E-state index contributed by atoms with van der Waals surface area (Å²) in [6, 6.07) is 20.6. The van der Waals surface area contributed by atoms with Crippen molar-refractivity contribution in [2.75, 3.05) is 46.5 Å². The molecule has 1 saturated heterocycles. The molecule has 10 nitrogen and oxygen atoms in total. The molecule has 0 atom stereocenters. The van der Waals surface area contributed by atoms with E-state index in [1.165, 1.54) is 0 Å². The van der Waals surface area contributed by atoms with Crippen LogP contribution in [-0.2, 0) is 13.1 Å². The van der Waals surface area contributed by atoms with Gasteiger partial charge in [0.2, 0.25) is 0 Å². The Morgan fingerprint density at radius 3 is 2.52 bits per heavy atom. The largest absolute Gasteiger partial charge is 0.496 e. The van der Waals surface area contributed by atoms with Gasteiger partial charge in [-0.1, -0.05) is 18.2 Å². The van der Waals surface area contributed by atoms with E-state index >= 15 is 0 Å². The zero-order valence-electron chi connectivity index (χ0n) is 25.3. The predicted octanol–water partition coefficient (Wildman–Crippen LogP) is 4.55. The van der Waals surface area contributed by atoms with E-state index in [4.69, 9.17) is 19.3 Å². The highest BCUT2D eigenvalue weighted by molar-refractivity contribution is 5.97. The van der Waals surface area contributed by atoms with Gasteiger partial charge >= 0.3 is 0 Å². The molecule has 1 amide bonds. The molecule has 1 aliphatic heterocycles. The normalized spacial score (nSPS) is 13.4. The number of carbonyl (C=O) groups excluding carboxylic acids is 1. The minimum atomic E-state index is -0.0824. The molecule has 44 heavy (non-hydrogen) atoms. The Kier molecular flexibility index (Phi) is 9.79. The zero-order valence-corrected chi connectivity index (χ0v) is 25.3. The van der Waals surface area contributed by atoms with Gasteiger partial charge in [-0.15, -0.1) is 0 Å². The van der Waals surface area contributed by atoms with E-state index in [1.54, 1.807) is 37.4 Å². The molecule has 1 N–H and O–H groups in total. The molecule has 1 aliphatic rings. The second-order valence-corrected chi connectivity index (χ2v) is 10.7. The molecule has 1 fully saturated rings. The third kappa shape index (κ3) is 7.19. The van der Waals surface area contributed by atoms with Gasteiger partial charge in [0.15, 0.2) is 0 Å². The van der Waals surface area contributed by atoms with Crippen LogP contribution in [0, 0.1) is 25.2 Å². The number of aromatic nitrogens is 2. The van der Waals surface area contributed by atoms with E-state index in [0.29, 0.717) is 60.3 Å². The van der Waals surface area contributed by atoms with E-state index in [9.17, 15) is 10.1 Å². The lowest BCUT2D eigenvalue weighted by molar-refractivity contribution is 0.0622. The lowest BCUT2D eigenvalue weighted by atomic mass is 10.1. The first kappa shape index (κ1) is 30.6.